The van der Waals surface area contributed by atoms with E-state index in [-0.39, 0.29) is 12.2 Å². The summed E-state index contributed by atoms with van der Waals surface area (Å²) in [5, 5.41) is 10.4. The minimum absolute atomic E-state index is 0.105. The summed E-state index contributed by atoms with van der Waals surface area (Å²) in [5.41, 5.74) is 1.27. The fourth-order valence-electron chi connectivity index (χ4n) is 2.32. The van der Waals surface area contributed by atoms with E-state index >= 15 is 0 Å². The number of aliphatic hydroxyl groups is 1. The molecule has 0 saturated heterocycles. The first kappa shape index (κ1) is 20.2. The summed E-state index contributed by atoms with van der Waals surface area (Å²) in [6.07, 6.45) is 4.55. The van der Waals surface area contributed by atoms with E-state index in [0.717, 1.165) is 11.3 Å². The van der Waals surface area contributed by atoms with E-state index in [0.29, 0.717) is 31.2 Å². The molecule has 0 aliphatic heterocycles. The van der Waals surface area contributed by atoms with Crippen LogP contribution in [0.2, 0.25) is 0 Å². The molecule has 0 spiro atoms. The Balaban J connectivity index is 2.09. The Labute approximate surface area is 154 Å². The van der Waals surface area contributed by atoms with Crippen LogP contribution < -0.4 is 4.74 Å². The first-order valence-electron chi connectivity index (χ1n) is 8.55. The summed E-state index contributed by atoms with van der Waals surface area (Å²) >= 11 is 0. The van der Waals surface area contributed by atoms with Crippen molar-refractivity contribution in [1.82, 2.24) is 15.0 Å². The normalized spacial score (nSPS) is 12.8. The van der Waals surface area contributed by atoms with Crippen molar-refractivity contribution in [3.05, 3.63) is 47.8 Å². The van der Waals surface area contributed by atoms with Crippen LogP contribution in [0.15, 0.2) is 30.7 Å². The van der Waals surface area contributed by atoms with Gasteiger partial charge >= 0.3 is 0 Å². The van der Waals surface area contributed by atoms with Crippen molar-refractivity contribution in [2.75, 3.05) is 27.1 Å². The van der Waals surface area contributed by atoms with Gasteiger partial charge in [-0.25, -0.2) is 9.97 Å². The lowest BCUT2D eigenvalue weighted by atomic mass is 9.91. The van der Waals surface area contributed by atoms with Crippen LogP contribution in [-0.2, 0) is 21.3 Å². The van der Waals surface area contributed by atoms with E-state index in [1.807, 2.05) is 6.07 Å². The molecule has 0 bridgehead atoms. The number of ether oxygens (including phenoxy) is 3. The molecule has 2 aromatic rings. The lowest BCUT2D eigenvalue weighted by Gasteiger charge is -2.22. The molecule has 1 unspecified atom stereocenters. The number of pyridine rings is 1. The maximum Gasteiger partial charge on any atom is 0.189 e. The smallest absolute Gasteiger partial charge is 0.189 e. The highest BCUT2D eigenvalue weighted by atomic mass is 16.7. The maximum absolute atomic E-state index is 10.4. The van der Waals surface area contributed by atoms with E-state index < -0.39 is 6.10 Å². The number of hydrogen-bond donors (Lipinski definition) is 1. The summed E-state index contributed by atoms with van der Waals surface area (Å²) in [7, 11) is 1.62. The van der Waals surface area contributed by atoms with Gasteiger partial charge in [0.15, 0.2) is 12.5 Å². The summed E-state index contributed by atoms with van der Waals surface area (Å²) in [6, 6.07) is 3.62. The van der Waals surface area contributed by atoms with Gasteiger partial charge in [0.05, 0.1) is 31.2 Å². The quantitative estimate of drug-likeness (QED) is 0.542. The van der Waals surface area contributed by atoms with Gasteiger partial charge in [0, 0.05) is 31.3 Å². The van der Waals surface area contributed by atoms with Gasteiger partial charge in [-0.1, -0.05) is 26.8 Å². The third-order valence-corrected chi connectivity index (χ3v) is 3.69. The van der Waals surface area contributed by atoms with Crippen molar-refractivity contribution in [1.29, 1.82) is 0 Å². The van der Waals surface area contributed by atoms with Gasteiger partial charge in [-0.05, 0) is 11.6 Å². The molecule has 0 radical (unpaired) electrons. The second-order valence-corrected chi connectivity index (χ2v) is 6.92. The Morgan fingerprint density at radius 1 is 1.19 bits per heavy atom. The molecule has 7 heteroatoms. The Kier molecular flexibility index (Phi) is 7.44. The molecular formula is C19H27N3O4. The maximum atomic E-state index is 10.4. The number of rotatable bonds is 9. The third-order valence-electron chi connectivity index (χ3n) is 3.69. The highest BCUT2D eigenvalue weighted by Crippen LogP contribution is 2.29. The molecule has 1 atom stereocenters. The minimum atomic E-state index is -0.708. The van der Waals surface area contributed by atoms with E-state index in [1.165, 1.54) is 0 Å². The largest absolute Gasteiger partial charge is 0.464 e. The van der Waals surface area contributed by atoms with Gasteiger partial charge in [-0.15, -0.1) is 0 Å². The predicted molar refractivity (Wildman–Crippen MR) is 97.0 cm³/mol. The second kappa shape index (κ2) is 9.56. The van der Waals surface area contributed by atoms with E-state index in [9.17, 15) is 5.11 Å². The summed E-state index contributed by atoms with van der Waals surface area (Å²) < 4.78 is 16.0. The summed E-state index contributed by atoms with van der Waals surface area (Å²) in [4.78, 5) is 13.0. The number of methoxy groups -OCH3 is 1. The molecule has 142 valence electrons. The lowest BCUT2D eigenvalue weighted by molar-refractivity contribution is -0.00963. The molecule has 0 fully saturated rings. The zero-order valence-corrected chi connectivity index (χ0v) is 15.8. The molecule has 1 N–H and O–H groups in total. The fourth-order valence-corrected chi connectivity index (χ4v) is 2.32. The van der Waals surface area contributed by atoms with Gasteiger partial charge in [0.2, 0.25) is 0 Å². The van der Waals surface area contributed by atoms with Crippen LogP contribution >= 0.6 is 0 Å². The van der Waals surface area contributed by atoms with Crippen LogP contribution in [0.1, 0.15) is 44.0 Å². The van der Waals surface area contributed by atoms with E-state index in [1.54, 1.807) is 31.8 Å². The molecule has 2 aromatic heterocycles. The number of aromatic nitrogens is 3. The van der Waals surface area contributed by atoms with Crippen LogP contribution in [0.3, 0.4) is 0 Å². The zero-order chi connectivity index (χ0) is 19.0. The predicted octanol–water partition coefficient (Wildman–Crippen LogP) is 2.44. The van der Waals surface area contributed by atoms with Gasteiger partial charge in [0.1, 0.15) is 5.82 Å². The number of hydrogen-bond acceptors (Lipinski definition) is 7. The molecule has 2 heterocycles. The van der Waals surface area contributed by atoms with Crippen molar-refractivity contribution in [3.8, 4) is 5.75 Å². The lowest BCUT2D eigenvalue weighted by Crippen LogP contribution is -2.19. The Hall–Kier alpha value is -2.09. The van der Waals surface area contributed by atoms with Crippen molar-refractivity contribution < 1.29 is 19.3 Å². The van der Waals surface area contributed by atoms with Crippen molar-refractivity contribution >= 4 is 0 Å². The SMILES string of the molecule is COCCOCOc1cnc(CC(O)c2cccnc2)nc1C(C)(C)C. The fraction of sp³-hybridized carbons (Fsp3) is 0.526. The van der Waals surface area contributed by atoms with Gasteiger partial charge in [0.25, 0.3) is 0 Å². The third kappa shape index (κ3) is 6.01. The Morgan fingerprint density at radius 3 is 2.65 bits per heavy atom. The highest BCUT2D eigenvalue weighted by molar-refractivity contribution is 5.31. The number of aliphatic hydroxyl groups excluding tert-OH is 1. The molecule has 0 aliphatic carbocycles. The Morgan fingerprint density at radius 2 is 2.00 bits per heavy atom. The van der Waals surface area contributed by atoms with Crippen LogP contribution in [-0.4, -0.2) is 47.2 Å². The minimum Gasteiger partial charge on any atom is -0.464 e. The molecule has 0 amide bonds. The molecule has 7 nitrogen and oxygen atoms in total. The molecule has 0 aromatic carbocycles. The average molecular weight is 361 g/mol. The summed E-state index contributed by atoms with van der Waals surface area (Å²) in [6.45, 7) is 7.22. The Bertz CT molecular complexity index is 674. The van der Waals surface area contributed by atoms with Gasteiger partial charge < -0.3 is 19.3 Å². The monoisotopic (exact) mass is 361 g/mol. The van der Waals surface area contributed by atoms with Crippen LogP contribution in [0.5, 0.6) is 5.75 Å². The molecule has 26 heavy (non-hydrogen) atoms. The zero-order valence-electron chi connectivity index (χ0n) is 15.8. The molecular weight excluding hydrogens is 334 g/mol. The van der Waals surface area contributed by atoms with Gasteiger partial charge in [-0.3, -0.25) is 4.98 Å². The van der Waals surface area contributed by atoms with Crippen LogP contribution in [0.4, 0.5) is 0 Å². The highest BCUT2D eigenvalue weighted by Gasteiger charge is 2.23. The van der Waals surface area contributed by atoms with Crippen molar-refractivity contribution in [2.45, 2.75) is 38.7 Å². The van der Waals surface area contributed by atoms with Crippen molar-refractivity contribution in [3.63, 3.8) is 0 Å². The first-order valence-corrected chi connectivity index (χ1v) is 8.55. The average Bonchev–Trinajstić information content (AvgIpc) is 2.62. The molecule has 0 saturated carbocycles. The van der Waals surface area contributed by atoms with Crippen molar-refractivity contribution in [2.24, 2.45) is 0 Å². The summed E-state index contributed by atoms with van der Waals surface area (Å²) in [5.74, 6) is 1.13. The number of nitrogens with zero attached hydrogens (tertiary/aromatic N) is 3. The molecule has 0 aliphatic rings. The standard InChI is InChI=1S/C19H27N3O4/c1-19(2,3)18-16(26-13-25-9-8-24-4)12-21-17(22-18)10-15(23)14-6-5-7-20-11-14/h5-7,11-12,15,23H,8-10,13H2,1-4H3. The van der Waals surface area contributed by atoms with Crippen LogP contribution in [0.25, 0.3) is 0 Å². The van der Waals surface area contributed by atoms with E-state index in [2.05, 4.69) is 35.7 Å². The van der Waals surface area contributed by atoms with E-state index in [4.69, 9.17) is 14.2 Å². The van der Waals surface area contributed by atoms with Crippen LogP contribution in [0, 0.1) is 0 Å². The molecule has 2 rings (SSSR count). The van der Waals surface area contributed by atoms with Gasteiger partial charge in [-0.2, -0.15) is 0 Å². The second-order valence-electron chi connectivity index (χ2n) is 6.92. The first-order chi connectivity index (χ1) is 12.4. The topological polar surface area (TPSA) is 86.6 Å².